The molecule has 27 heavy (non-hydrogen) atoms. The van der Waals surface area contributed by atoms with Gasteiger partial charge in [-0.25, -0.2) is 0 Å². The van der Waals surface area contributed by atoms with Crippen molar-refractivity contribution in [2.75, 3.05) is 10.6 Å². The fraction of sp³-hybridized carbons (Fsp3) is 0.0909. The van der Waals surface area contributed by atoms with Crippen molar-refractivity contribution >= 4 is 28.2 Å². The van der Waals surface area contributed by atoms with Crippen molar-refractivity contribution in [3.05, 3.63) is 90.0 Å². The van der Waals surface area contributed by atoms with E-state index in [1.54, 1.807) is 12.1 Å². The van der Waals surface area contributed by atoms with Gasteiger partial charge < -0.3 is 15.1 Å². The zero-order valence-electron chi connectivity index (χ0n) is 14.9. The monoisotopic (exact) mass is 357 g/mol. The van der Waals surface area contributed by atoms with Crippen LogP contribution in [0.1, 0.15) is 21.7 Å². The smallest absolute Gasteiger partial charge is 0.291 e. The molecule has 5 nitrogen and oxygen atoms in total. The molecule has 2 aromatic carbocycles. The number of hydrogen-bond acceptors (Lipinski definition) is 4. The fourth-order valence-electron chi connectivity index (χ4n) is 2.92. The molecule has 0 atom stereocenters. The van der Waals surface area contributed by atoms with Gasteiger partial charge in [-0.05, 0) is 55.0 Å². The molecule has 0 saturated carbocycles. The second-order valence-electron chi connectivity index (χ2n) is 6.36. The van der Waals surface area contributed by atoms with Crippen LogP contribution in [0.2, 0.25) is 0 Å². The van der Waals surface area contributed by atoms with Crippen molar-refractivity contribution in [3.63, 3.8) is 0 Å². The van der Waals surface area contributed by atoms with Gasteiger partial charge in [-0.15, -0.1) is 0 Å². The van der Waals surface area contributed by atoms with Crippen molar-refractivity contribution < 1.29 is 9.21 Å². The Bertz CT molecular complexity index is 1070. The van der Waals surface area contributed by atoms with Crippen molar-refractivity contribution in [1.29, 1.82) is 0 Å². The van der Waals surface area contributed by atoms with Crippen molar-refractivity contribution in [2.24, 2.45) is 0 Å². The van der Waals surface area contributed by atoms with Gasteiger partial charge in [0, 0.05) is 29.5 Å². The number of fused-ring (bicyclic) bond motifs is 1. The second kappa shape index (κ2) is 7.33. The number of carbonyl (C=O) groups is 1. The molecule has 0 saturated heterocycles. The molecule has 0 fully saturated rings. The summed E-state index contributed by atoms with van der Waals surface area (Å²) in [7, 11) is 0. The van der Waals surface area contributed by atoms with E-state index in [0.29, 0.717) is 12.3 Å². The molecule has 0 aliphatic carbocycles. The zero-order chi connectivity index (χ0) is 18.6. The van der Waals surface area contributed by atoms with Crippen LogP contribution in [-0.4, -0.2) is 10.9 Å². The Morgan fingerprint density at radius 2 is 1.93 bits per heavy atom. The normalized spacial score (nSPS) is 10.7. The third kappa shape index (κ3) is 3.82. The van der Waals surface area contributed by atoms with Crippen molar-refractivity contribution in [1.82, 2.24) is 4.98 Å². The second-order valence-corrected chi connectivity index (χ2v) is 6.36. The van der Waals surface area contributed by atoms with Gasteiger partial charge in [-0.3, -0.25) is 9.78 Å². The highest BCUT2D eigenvalue weighted by Gasteiger charge is 2.08. The molecule has 134 valence electrons. The lowest BCUT2D eigenvalue weighted by molar-refractivity contribution is 0.0996. The Morgan fingerprint density at radius 1 is 1.07 bits per heavy atom. The zero-order valence-corrected chi connectivity index (χ0v) is 14.9. The summed E-state index contributed by atoms with van der Waals surface area (Å²) >= 11 is 0. The van der Waals surface area contributed by atoms with Crippen LogP contribution in [0.4, 0.5) is 11.4 Å². The standard InChI is InChI=1S/C22H19N3O2/c1-15-4-9-19-18(13-15)20(10-11-23-19)24-14-16-5-7-17(8-6-16)25-22(26)21-3-2-12-27-21/h2-13H,14H2,1H3,(H,23,24)(H,25,26). The largest absolute Gasteiger partial charge is 0.459 e. The highest BCUT2D eigenvalue weighted by molar-refractivity contribution is 6.02. The van der Waals surface area contributed by atoms with Crippen LogP contribution in [-0.2, 0) is 6.54 Å². The maximum absolute atomic E-state index is 12.0. The summed E-state index contributed by atoms with van der Waals surface area (Å²) in [4.78, 5) is 16.4. The molecule has 2 heterocycles. The number of aryl methyl sites for hydroxylation is 1. The van der Waals surface area contributed by atoms with E-state index in [1.807, 2.05) is 42.6 Å². The number of furan rings is 1. The van der Waals surface area contributed by atoms with E-state index >= 15 is 0 Å². The summed E-state index contributed by atoms with van der Waals surface area (Å²) in [5.74, 6) is 0.0325. The molecule has 2 aromatic heterocycles. The first-order valence-corrected chi connectivity index (χ1v) is 8.72. The first-order chi connectivity index (χ1) is 13.2. The van der Waals surface area contributed by atoms with E-state index in [-0.39, 0.29) is 5.91 Å². The number of amides is 1. The topological polar surface area (TPSA) is 67.2 Å². The first kappa shape index (κ1) is 16.8. The highest BCUT2D eigenvalue weighted by Crippen LogP contribution is 2.23. The quantitative estimate of drug-likeness (QED) is 0.527. The Morgan fingerprint density at radius 3 is 2.70 bits per heavy atom. The number of pyridine rings is 1. The molecule has 0 spiro atoms. The minimum Gasteiger partial charge on any atom is -0.459 e. The number of anilines is 2. The maximum atomic E-state index is 12.0. The van der Waals surface area contributed by atoms with Crippen LogP contribution in [0, 0.1) is 6.92 Å². The van der Waals surface area contributed by atoms with E-state index in [4.69, 9.17) is 4.42 Å². The Hall–Kier alpha value is -3.60. The van der Waals surface area contributed by atoms with Gasteiger partial charge >= 0.3 is 0 Å². The molecule has 0 aliphatic rings. The van der Waals surface area contributed by atoms with E-state index in [0.717, 1.165) is 27.8 Å². The van der Waals surface area contributed by atoms with Crippen molar-refractivity contribution in [2.45, 2.75) is 13.5 Å². The number of aromatic nitrogens is 1. The molecule has 0 radical (unpaired) electrons. The lowest BCUT2D eigenvalue weighted by Gasteiger charge is -2.11. The molecule has 2 N–H and O–H groups in total. The lowest BCUT2D eigenvalue weighted by Crippen LogP contribution is -2.10. The van der Waals surface area contributed by atoms with E-state index in [9.17, 15) is 4.79 Å². The van der Waals surface area contributed by atoms with Crippen LogP contribution in [0.15, 0.2) is 77.5 Å². The SMILES string of the molecule is Cc1ccc2nccc(NCc3ccc(NC(=O)c4ccco4)cc3)c2c1. The van der Waals surface area contributed by atoms with Crippen LogP contribution in [0.25, 0.3) is 10.9 Å². The lowest BCUT2D eigenvalue weighted by atomic mass is 10.1. The Kier molecular flexibility index (Phi) is 4.58. The fourth-order valence-corrected chi connectivity index (χ4v) is 2.92. The van der Waals surface area contributed by atoms with Crippen LogP contribution >= 0.6 is 0 Å². The number of hydrogen-bond donors (Lipinski definition) is 2. The third-order valence-electron chi connectivity index (χ3n) is 4.34. The Labute approximate surface area is 157 Å². The number of rotatable bonds is 5. The summed E-state index contributed by atoms with van der Waals surface area (Å²) in [6, 6.07) is 19.3. The maximum Gasteiger partial charge on any atom is 0.291 e. The first-order valence-electron chi connectivity index (χ1n) is 8.72. The molecule has 4 rings (SSSR count). The van der Waals surface area contributed by atoms with Gasteiger partial charge in [0.15, 0.2) is 5.76 Å². The number of nitrogens with one attached hydrogen (secondary N) is 2. The average Bonchev–Trinajstić information content (AvgIpc) is 3.22. The molecule has 0 bridgehead atoms. The number of benzene rings is 2. The molecule has 0 unspecified atom stereocenters. The average molecular weight is 357 g/mol. The molecule has 0 aliphatic heterocycles. The molecule has 5 heteroatoms. The van der Waals surface area contributed by atoms with E-state index in [2.05, 4.69) is 34.7 Å². The molecular formula is C22H19N3O2. The van der Waals surface area contributed by atoms with Gasteiger partial charge in [0.2, 0.25) is 0 Å². The predicted molar refractivity (Wildman–Crippen MR) is 107 cm³/mol. The summed E-state index contributed by atoms with van der Waals surface area (Å²) in [6.07, 6.45) is 3.29. The van der Waals surface area contributed by atoms with E-state index in [1.165, 1.54) is 11.8 Å². The summed E-state index contributed by atoms with van der Waals surface area (Å²) in [5, 5.41) is 7.40. The minimum absolute atomic E-state index is 0.260. The molecular weight excluding hydrogens is 338 g/mol. The summed E-state index contributed by atoms with van der Waals surface area (Å²) in [5.41, 5.74) is 5.07. The third-order valence-corrected chi connectivity index (χ3v) is 4.34. The Balaban J connectivity index is 1.43. The molecule has 1 amide bonds. The molecule has 4 aromatic rings. The number of carbonyl (C=O) groups excluding carboxylic acids is 1. The van der Waals surface area contributed by atoms with Gasteiger partial charge in [0.25, 0.3) is 5.91 Å². The minimum atomic E-state index is -0.260. The highest BCUT2D eigenvalue weighted by atomic mass is 16.3. The predicted octanol–water partition coefficient (Wildman–Crippen LogP) is 5.00. The van der Waals surface area contributed by atoms with Gasteiger partial charge in [0.05, 0.1) is 11.8 Å². The van der Waals surface area contributed by atoms with E-state index < -0.39 is 0 Å². The number of nitrogens with zero attached hydrogens (tertiary/aromatic N) is 1. The van der Waals surface area contributed by atoms with Gasteiger partial charge in [-0.2, -0.15) is 0 Å². The van der Waals surface area contributed by atoms with Gasteiger partial charge in [0.1, 0.15) is 0 Å². The van der Waals surface area contributed by atoms with Crippen LogP contribution < -0.4 is 10.6 Å². The summed E-state index contributed by atoms with van der Waals surface area (Å²) < 4.78 is 5.10. The summed E-state index contributed by atoms with van der Waals surface area (Å²) in [6.45, 7) is 2.76. The van der Waals surface area contributed by atoms with Crippen molar-refractivity contribution in [3.8, 4) is 0 Å². The van der Waals surface area contributed by atoms with Gasteiger partial charge in [-0.1, -0.05) is 23.8 Å². The van der Waals surface area contributed by atoms with Crippen LogP contribution in [0.5, 0.6) is 0 Å². The van der Waals surface area contributed by atoms with Crippen LogP contribution in [0.3, 0.4) is 0 Å².